The van der Waals surface area contributed by atoms with Crippen LogP contribution in [0, 0.1) is 0 Å². The van der Waals surface area contributed by atoms with Crippen molar-refractivity contribution >= 4 is 15.9 Å². The molecule has 7 heteroatoms. The first-order chi connectivity index (χ1) is 12.5. The second-order valence-corrected chi connectivity index (χ2v) is 7.77. The molecule has 0 aliphatic rings. The van der Waals surface area contributed by atoms with Crippen molar-refractivity contribution in [3.8, 4) is 0 Å². The second kappa shape index (κ2) is 9.45. The van der Waals surface area contributed by atoms with Crippen LogP contribution in [0.2, 0.25) is 0 Å². The summed E-state index contributed by atoms with van der Waals surface area (Å²) < 4.78 is 27.6. The van der Waals surface area contributed by atoms with E-state index in [-0.39, 0.29) is 17.3 Å². The van der Waals surface area contributed by atoms with Crippen LogP contribution in [0.3, 0.4) is 0 Å². The molecule has 0 aliphatic heterocycles. The fourth-order valence-corrected chi connectivity index (χ4v) is 3.66. The number of benzene rings is 1. The van der Waals surface area contributed by atoms with Gasteiger partial charge in [-0.15, -0.1) is 0 Å². The van der Waals surface area contributed by atoms with Crippen LogP contribution in [0.5, 0.6) is 0 Å². The Bertz CT molecular complexity index is 817. The van der Waals surface area contributed by atoms with Gasteiger partial charge in [0.15, 0.2) is 0 Å². The summed E-state index contributed by atoms with van der Waals surface area (Å²) >= 11 is 0. The van der Waals surface area contributed by atoms with E-state index in [9.17, 15) is 13.2 Å². The maximum atomic E-state index is 12.7. The topological polar surface area (TPSA) is 79.4 Å². The van der Waals surface area contributed by atoms with E-state index in [1.54, 1.807) is 41.6 Å². The van der Waals surface area contributed by atoms with Gasteiger partial charge >= 0.3 is 0 Å². The molecule has 0 atom stereocenters. The van der Waals surface area contributed by atoms with Crippen LogP contribution in [0.4, 0.5) is 0 Å². The number of hydrogen-bond acceptors (Lipinski definition) is 4. The molecule has 2 rings (SSSR count). The fraction of sp³-hybridized carbons (Fsp3) is 0.368. The van der Waals surface area contributed by atoms with Gasteiger partial charge in [0.25, 0.3) is 5.91 Å². The quantitative estimate of drug-likeness (QED) is 0.731. The van der Waals surface area contributed by atoms with Crippen LogP contribution >= 0.6 is 0 Å². The van der Waals surface area contributed by atoms with Gasteiger partial charge in [0, 0.05) is 37.6 Å². The highest BCUT2D eigenvalue weighted by molar-refractivity contribution is 7.89. The molecular weight excluding hydrogens is 350 g/mol. The molecule has 26 heavy (non-hydrogen) atoms. The Hall–Kier alpha value is -2.25. The van der Waals surface area contributed by atoms with Gasteiger partial charge in [-0.3, -0.25) is 9.78 Å². The van der Waals surface area contributed by atoms with Gasteiger partial charge in [-0.05, 0) is 42.7 Å². The smallest absolute Gasteiger partial charge is 0.253 e. The lowest BCUT2D eigenvalue weighted by Crippen LogP contribution is -2.32. The Balaban J connectivity index is 2.17. The van der Waals surface area contributed by atoms with Gasteiger partial charge in [0.2, 0.25) is 10.0 Å². The van der Waals surface area contributed by atoms with Crippen molar-refractivity contribution in [1.82, 2.24) is 14.6 Å². The van der Waals surface area contributed by atoms with Crippen molar-refractivity contribution < 1.29 is 13.2 Å². The van der Waals surface area contributed by atoms with E-state index in [2.05, 4.69) is 9.71 Å². The first kappa shape index (κ1) is 20.1. The zero-order valence-electron chi connectivity index (χ0n) is 15.2. The Morgan fingerprint density at radius 1 is 1.12 bits per heavy atom. The van der Waals surface area contributed by atoms with E-state index >= 15 is 0 Å². The van der Waals surface area contributed by atoms with Crippen LogP contribution < -0.4 is 4.72 Å². The van der Waals surface area contributed by atoms with E-state index in [1.807, 2.05) is 13.8 Å². The molecule has 6 nitrogen and oxygen atoms in total. The maximum Gasteiger partial charge on any atom is 0.253 e. The second-order valence-electron chi connectivity index (χ2n) is 6.01. The number of hydrogen-bond donors (Lipinski definition) is 1. The summed E-state index contributed by atoms with van der Waals surface area (Å²) in [4.78, 5) is 18.5. The molecule has 0 spiro atoms. The third-order valence-electron chi connectivity index (χ3n) is 3.85. The van der Waals surface area contributed by atoms with Crippen LogP contribution in [0.15, 0.2) is 53.7 Å². The predicted molar refractivity (Wildman–Crippen MR) is 101 cm³/mol. The maximum absolute atomic E-state index is 12.7. The summed E-state index contributed by atoms with van der Waals surface area (Å²) in [5.74, 6) is -0.141. The van der Waals surface area contributed by atoms with Gasteiger partial charge in [-0.1, -0.05) is 26.0 Å². The summed E-state index contributed by atoms with van der Waals surface area (Å²) in [6.45, 7) is 5.48. The molecule has 1 aromatic carbocycles. The van der Waals surface area contributed by atoms with E-state index in [0.717, 1.165) is 18.4 Å². The summed E-state index contributed by atoms with van der Waals surface area (Å²) in [5.41, 5.74) is 1.15. The van der Waals surface area contributed by atoms with E-state index in [1.165, 1.54) is 12.1 Å². The molecule has 0 fully saturated rings. The highest BCUT2D eigenvalue weighted by Crippen LogP contribution is 2.14. The van der Waals surface area contributed by atoms with Gasteiger partial charge in [-0.2, -0.15) is 0 Å². The number of sulfonamides is 1. The van der Waals surface area contributed by atoms with Crippen LogP contribution in [-0.2, 0) is 16.6 Å². The Morgan fingerprint density at radius 2 is 1.85 bits per heavy atom. The van der Waals surface area contributed by atoms with Crippen LogP contribution in [-0.4, -0.2) is 37.3 Å². The molecule has 0 saturated carbocycles. The summed E-state index contributed by atoms with van der Waals surface area (Å²) in [6.07, 6.45) is 4.95. The largest absolute Gasteiger partial charge is 0.339 e. The lowest BCUT2D eigenvalue weighted by Gasteiger charge is -2.21. The van der Waals surface area contributed by atoms with Crippen molar-refractivity contribution in [1.29, 1.82) is 0 Å². The Labute approximate surface area is 155 Å². The number of nitrogens with zero attached hydrogens (tertiary/aromatic N) is 2. The zero-order chi connectivity index (χ0) is 19.0. The van der Waals surface area contributed by atoms with Crippen molar-refractivity contribution in [3.05, 3.63) is 59.9 Å². The average molecular weight is 375 g/mol. The minimum atomic E-state index is -3.71. The van der Waals surface area contributed by atoms with Crippen molar-refractivity contribution in [3.63, 3.8) is 0 Å². The average Bonchev–Trinajstić information content (AvgIpc) is 2.67. The number of nitrogens with one attached hydrogen (secondary N) is 1. The van der Waals surface area contributed by atoms with E-state index in [0.29, 0.717) is 18.7 Å². The van der Waals surface area contributed by atoms with Gasteiger partial charge in [-0.25, -0.2) is 13.1 Å². The fourth-order valence-electron chi connectivity index (χ4n) is 2.60. The van der Waals surface area contributed by atoms with Crippen molar-refractivity contribution in [2.24, 2.45) is 0 Å². The number of carbonyl (C=O) groups excluding carboxylic acids is 1. The van der Waals surface area contributed by atoms with Gasteiger partial charge < -0.3 is 4.90 Å². The molecule has 0 saturated heterocycles. The van der Waals surface area contributed by atoms with E-state index < -0.39 is 10.0 Å². The lowest BCUT2D eigenvalue weighted by molar-refractivity contribution is 0.0755. The monoisotopic (exact) mass is 375 g/mol. The molecule has 0 aliphatic carbocycles. The first-order valence-corrected chi connectivity index (χ1v) is 10.2. The number of pyridine rings is 1. The molecule has 0 unspecified atom stereocenters. The normalized spacial score (nSPS) is 11.3. The van der Waals surface area contributed by atoms with Gasteiger partial charge in [0.05, 0.1) is 4.90 Å². The highest BCUT2D eigenvalue weighted by atomic mass is 32.2. The molecule has 2 aromatic rings. The van der Waals surface area contributed by atoms with Crippen molar-refractivity contribution in [2.75, 3.05) is 13.1 Å². The molecule has 1 aromatic heterocycles. The Kier molecular flexibility index (Phi) is 7.29. The number of rotatable bonds is 9. The molecule has 140 valence electrons. The third-order valence-corrected chi connectivity index (χ3v) is 5.25. The first-order valence-electron chi connectivity index (χ1n) is 8.75. The predicted octanol–water partition coefficient (Wildman–Crippen LogP) is 2.82. The molecular formula is C19H25N3O3S. The van der Waals surface area contributed by atoms with E-state index in [4.69, 9.17) is 0 Å². The standard InChI is InChI=1S/C19H25N3O3S/c1-3-11-22(12-4-2)19(23)17-8-5-9-18(13-17)26(24,25)21-15-16-7-6-10-20-14-16/h5-10,13-14,21H,3-4,11-12,15H2,1-2H3. The molecule has 0 radical (unpaired) electrons. The third kappa shape index (κ3) is 5.37. The summed E-state index contributed by atoms with van der Waals surface area (Å²) in [5, 5.41) is 0. The van der Waals surface area contributed by atoms with Crippen LogP contribution in [0.25, 0.3) is 0 Å². The summed E-state index contributed by atoms with van der Waals surface area (Å²) in [7, 11) is -3.71. The zero-order valence-corrected chi connectivity index (χ0v) is 16.0. The highest BCUT2D eigenvalue weighted by Gasteiger charge is 2.19. The summed E-state index contributed by atoms with van der Waals surface area (Å²) in [6, 6.07) is 9.73. The number of amides is 1. The number of carbonyl (C=O) groups is 1. The van der Waals surface area contributed by atoms with Crippen molar-refractivity contribution in [2.45, 2.75) is 38.1 Å². The molecule has 1 N–H and O–H groups in total. The molecule has 1 heterocycles. The Morgan fingerprint density at radius 3 is 2.46 bits per heavy atom. The van der Waals surface area contributed by atoms with Crippen LogP contribution in [0.1, 0.15) is 42.6 Å². The lowest BCUT2D eigenvalue weighted by atomic mass is 10.2. The molecule has 0 bridgehead atoms. The minimum absolute atomic E-state index is 0.0835. The number of aromatic nitrogens is 1. The van der Waals surface area contributed by atoms with Gasteiger partial charge in [0.1, 0.15) is 0 Å². The SMILES string of the molecule is CCCN(CCC)C(=O)c1cccc(S(=O)(=O)NCc2cccnc2)c1. The molecule has 1 amide bonds. The minimum Gasteiger partial charge on any atom is -0.339 e.